The topological polar surface area (TPSA) is 61.6 Å². The van der Waals surface area contributed by atoms with E-state index < -0.39 is 5.91 Å². The molecule has 4 heteroatoms. The van der Waals surface area contributed by atoms with E-state index in [1.54, 1.807) is 18.2 Å². The highest BCUT2D eigenvalue weighted by atomic mass is 16.5. The quantitative estimate of drug-likeness (QED) is 0.738. The normalized spacial score (nSPS) is 9.31. The Hall–Kier alpha value is -1.71. The zero-order chi connectivity index (χ0) is 9.68. The summed E-state index contributed by atoms with van der Waals surface area (Å²) in [5, 5.41) is 0. The molecule has 0 saturated heterocycles. The van der Waals surface area contributed by atoms with Crippen LogP contribution < -0.4 is 15.2 Å². The van der Waals surface area contributed by atoms with Crippen LogP contribution in [0.5, 0.6) is 11.5 Å². The van der Waals surface area contributed by atoms with Gasteiger partial charge in [-0.2, -0.15) is 0 Å². The van der Waals surface area contributed by atoms with Crippen LogP contribution in [0.4, 0.5) is 0 Å². The molecule has 0 aromatic heterocycles. The average molecular weight is 181 g/mol. The Kier molecular flexibility index (Phi) is 3.14. The molecule has 0 fully saturated rings. The molecule has 4 nitrogen and oxygen atoms in total. The van der Waals surface area contributed by atoms with Gasteiger partial charge >= 0.3 is 0 Å². The van der Waals surface area contributed by atoms with Gasteiger partial charge in [0.25, 0.3) is 5.91 Å². The molecule has 13 heavy (non-hydrogen) atoms. The van der Waals surface area contributed by atoms with Crippen molar-refractivity contribution < 1.29 is 14.3 Å². The van der Waals surface area contributed by atoms with Crippen molar-refractivity contribution in [2.45, 2.75) is 0 Å². The largest absolute Gasteiger partial charge is 0.493 e. The summed E-state index contributed by atoms with van der Waals surface area (Å²) >= 11 is 0. The number of primary amides is 1. The Balaban J connectivity index is 2.69. The van der Waals surface area contributed by atoms with Crippen molar-refractivity contribution in [3.8, 4) is 11.5 Å². The van der Waals surface area contributed by atoms with Crippen LogP contribution in [-0.4, -0.2) is 19.6 Å². The third kappa shape index (κ3) is 2.66. The lowest BCUT2D eigenvalue weighted by atomic mass is 10.3. The van der Waals surface area contributed by atoms with E-state index in [1.165, 1.54) is 7.11 Å². The molecule has 0 spiro atoms. The Morgan fingerprint density at radius 3 is 2.54 bits per heavy atom. The third-order valence-electron chi connectivity index (χ3n) is 1.44. The second kappa shape index (κ2) is 4.35. The molecule has 0 aliphatic carbocycles. The molecule has 0 aliphatic rings. The van der Waals surface area contributed by atoms with Crippen LogP contribution in [0.2, 0.25) is 0 Å². The molecule has 2 N–H and O–H groups in total. The Morgan fingerprint density at radius 2 is 2.00 bits per heavy atom. The van der Waals surface area contributed by atoms with Crippen LogP contribution >= 0.6 is 0 Å². The molecule has 0 heterocycles. The maximum absolute atomic E-state index is 10.4. The summed E-state index contributed by atoms with van der Waals surface area (Å²) in [6.07, 6.45) is 0. The van der Waals surface area contributed by atoms with E-state index in [2.05, 4.69) is 0 Å². The number of methoxy groups -OCH3 is 1. The number of benzene rings is 1. The molecular weight excluding hydrogens is 170 g/mol. The highest BCUT2D eigenvalue weighted by Crippen LogP contribution is 2.25. The fourth-order valence-corrected chi connectivity index (χ4v) is 0.887. The number of ether oxygens (including phenoxy) is 2. The molecule has 1 aromatic rings. The lowest BCUT2D eigenvalue weighted by Crippen LogP contribution is -2.20. The van der Waals surface area contributed by atoms with Gasteiger partial charge in [0.2, 0.25) is 0 Å². The predicted octanol–water partition coefficient (Wildman–Crippen LogP) is 0.559. The van der Waals surface area contributed by atoms with Crippen LogP contribution in [0.3, 0.4) is 0 Å². The van der Waals surface area contributed by atoms with Crippen molar-refractivity contribution in [2.24, 2.45) is 5.73 Å². The lowest BCUT2D eigenvalue weighted by Gasteiger charge is -2.07. The van der Waals surface area contributed by atoms with E-state index >= 15 is 0 Å². The highest BCUT2D eigenvalue weighted by molar-refractivity contribution is 5.75. The molecule has 1 amide bonds. The molecule has 0 aliphatic heterocycles. The van der Waals surface area contributed by atoms with Crippen LogP contribution in [0.15, 0.2) is 24.3 Å². The average Bonchev–Trinajstić information content (AvgIpc) is 2.15. The number of amides is 1. The van der Waals surface area contributed by atoms with Crippen LogP contribution in [0.1, 0.15) is 0 Å². The minimum Gasteiger partial charge on any atom is -0.493 e. The molecular formula is C9H11NO3. The van der Waals surface area contributed by atoms with Gasteiger partial charge in [-0.1, -0.05) is 12.1 Å². The fourth-order valence-electron chi connectivity index (χ4n) is 0.887. The van der Waals surface area contributed by atoms with Gasteiger partial charge in [-0.15, -0.1) is 0 Å². The first-order valence-electron chi connectivity index (χ1n) is 3.78. The number of rotatable bonds is 4. The summed E-state index contributed by atoms with van der Waals surface area (Å²) < 4.78 is 10.1. The molecule has 0 atom stereocenters. The number of nitrogens with two attached hydrogens (primary N) is 1. The van der Waals surface area contributed by atoms with Gasteiger partial charge in [0.05, 0.1) is 7.11 Å². The number of para-hydroxylation sites is 2. The predicted molar refractivity (Wildman–Crippen MR) is 47.7 cm³/mol. The smallest absolute Gasteiger partial charge is 0.255 e. The SMILES string of the molecule is COc1ccccc1OCC(N)=O. The van der Waals surface area contributed by atoms with Gasteiger partial charge in [0.15, 0.2) is 18.1 Å². The molecule has 0 unspecified atom stereocenters. The van der Waals surface area contributed by atoms with Gasteiger partial charge in [0, 0.05) is 0 Å². The van der Waals surface area contributed by atoms with Crippen molar-refractivity contribution in [1.82, 2.24) is 0 Å². The Labute approximate surface area is 76.3 Å². The van der Waals surface area contributed by atoms with E-state index in [1.807, 2.05) is 6.07 Å². The molecule has 0 bridgehead atoms. The first-order valence-corrected chi connectivity index (χ1v) is 3.78. The Morgan fingerprint density at radius 1 is 1.38 bits per heavy atom. The second-order valence-electron chi connectivity index (χ2n) is 2.41. The third-order valence-corrected chi connectivity index (χ3v) is 1.44. The summed E-state index contributed by atoms with van der Waals surface area (Å²) in [7, 11) is 1.53. The standard InChI is InChI=1S/C9H11NO3/c1-12-7-4-2-3-5-8(7)13-6-9(10)11/h2-5H,6H2,1H3,(H2,10,11). The summed E-state index contributed by atoms with van der Waals surface area (Å²) in [5.74, 6) is 0.596. The number of hydrogen-bond acceptors (Lipinski definition) is 3. The zero-order valence-corrected chi connectivity index (χ0v) is 7.32. The number of hydrogen-bond donors (Lipinski definition) is 1. The van der Waals surface area contributed by atoms with Gasteiger partial charge < -0.3 is 15.2 Å². The summed E-state index contributed by atoms with van der Waals surface area (Å²) in [6, 6.07) is 7.06. The van der Waals surface area contributed by atoms with E-state index in [-0.39, 0.29) is 6.61 Å². The van der Waals surface area contributed by atoms with Gasteiger partial charge in [-0.25, -0.2) is 0 Å². The maximum Gasteiger partial charge on any atom is 0.255 e. The maximum atomic E-state index is 10.4. The first kappa shape index (κ1) is 9.38. The Bertz CT molecular complexity index is 299. The summed E-state index contributed by atoms with van der Waals surface area (Å²) in [5.41, 5.74) is 4.93. The van der Waals surface area contributed by atoms with Crippen molar-refractivity contribution in [3.63, 3.8) is 0 Å². The van der Waals surface area contributed by atoms with Crippen molar-refractivity contribution in [3.05, 3.63) is 24.3 Å². The van der Waals surface area contributed by atoms with Crippen molar-refractivity contribution in [2.75, 3.05) is 13.7 Å². The molecule has 0 radical (unpaired) electrons. The summed E-state index contributed by atoms with van der Waals surface area (Å²) in [4.78, 5) is 10.4. The minimum absolute atomic E-state index is 0.139. The van der Waals surface area contributed by atoms with E-state index in [4.69, 9.17) is 15.2 Å². The summed E-state index contributed by atoms with van der Waals surface area (Å²) in [6.45, 7) is -0.139. The van der Waals surface area contributed by atoms with Crippen molar-refractivity contribution >= 4 is 5.91 Å². The second-order valence-corrected chi connectivity index (χ2v) is 2.41. The van der Waals surface area contributed by atoms with Crippen LogP contribution in [0.25, 0.3) is 0 Å². The van der Waals surface area contributed by atoms with Gasteiger partial charge in [-0.3, -0.25) is 4.79 Å². The number of carbonyl (C=O) groups is 1. The van der Waals surface area contributed by atoms with E-state index in [0.717, 1.165) is 0 Å². The molecule has 1 aromatic carbocycles. The van der Waals surface area contributed by atoms with Crippen LogP contribution in [-0.2, 0) is 4.79 Å². The lowest BCUT2D eigenvalue weighted by molar-refractivity contribution is -0.119. The van der Waals surface area contributed by atoms with Crippen LogP contribution in [0, 0.1) is 0 Å². The molecule has 70 valence electrons. The molecule has 0 saturated carbocycles. The number of carbonyl (C=O) groups excluding carboxylic acids is 1. The fraction of sp³-hybridized carbons (Fsp3) is 0.222. The first-order chi connectivity index (χ1) is 6.24. The van der Waals surface area contributed by atoms with Gasteiger partial charge in [0.1, 0.15) is 0 Å². The minimum atomic E-state index is -0.508. The van der Waals surface area contributed by atoms with Gasteiger partial charge in [-0.05, 0) is 12.1 Å². The molecule has 1 rings (SSSR count). The highest BCUT2D eigenvalue weighted by Gasteiger charge is 2.03. The zero-order valence-electron chi connectivity index (χ0n) is 7.32. The van der Waals surface area contributed by atoms with Crippen molar-refractivity contribution in [1.29, 1.82) is 0 Å². The van der Waals surface area contributed by atoms with E-state index in [0.29, 0.717) is 11.5 Å². The van der Waals surface area contributed by atoms with E-state index in [9.17, 15) is 4.79 Å². The monoisotopic (exact) mass is 181 g/mol.